The van der Waals surface area contributed by atoms with Crippen LogP contribution >= 0.6 is 36.2 Å². The molecule has 0 aromatic carbocycles. The molecule has 0 radical (unpaired) electrons. The predicted octanol–water partition coefficient (Wildman–Crippen LogP) is 2.15. The quantitative estimate of drug-likeness (QED) is 0.800. The third-order valence-corrected chi connectivity index (χ3v) is 3.17. The molecule has 9 heteroatoms. The summed E-state index contributed by atoms with van der Waals surface area (Å²) in [5, 5.41) is 8.72. The van der Waals surface area contributed by atoms with Gasteiger partial charge in [0.15, 0.2) is 0 Å². The molecule has 0 amide bonds. The zero-order valence-electron chi connectivity index (χ0n) is 8.48. The minimum Gasteiger partial charge on any atom is -0.394 e. The van der Waals surface area contributed by atoms with Gasteiger partial charge in [0.1, 0.15) is 6.04 Å². The molecule has 0 unspecified atom stereocenters. The molecule has 1 rings (SSSR count). The van der Waals surface area contributed by atoms with E-state index in [9.17, 15) is 13.2 Å². The lowest BCUT2D eigenvalue weighted by Crippen LogP contribution is -2.27. The highest BCUT2D eigenvalue weighted by atomic mass is 35.5. The zero-order chi connectivity index (χ0) is 11.6. The van der Waals surface area contributed by atoms with Crippen molar-refractivity contribution < 1.29 is 18.3 Å². The molecule has 17 heavy (non-hydrogen) atoms. The van der Waals surface area contributed by atoms with Crippen LogP contribution in [0.5, 0.6) is 0 Å². The standard InChI is InChI=1S/C8H11F3N2OS.2ClH/c9-8(10,11)7(13)6-2-1-5(15-6)4(12)3-14;;/h1-2,4,7,14H,3,12-13H2;2*1H/t4-,7-;;/m1../s1. The molecule has 0 saturated carbocycles. The van der Waals surface area contributed by atoms with E-state index >= 15 is 0 Å². The molecule has 0 aliphatic rings. The van der Waals surface area contributed by atoms with E-state index in [2.05, 4.69) is 0 Å². The van der Waals surface area contributed by atoms with Gasteiger partial charge in [0, 0.05) is 9.75 Å². The molecule has 1 heterocycles. The van der Waals surface area contributed by atoms with Gasteiger partial charge < -0.3 is 16.6 Å². The SMILES string of the molecule is Cl.Cl.N[C@H](CO)c1ccc([C@@H](N)C(F)(F)F)s1. The summed E-state index contributed by atoms with van der Waals surface area (Å²) < 4.78 is 36.7. The molecular formula is C8H13Cl2F3N2OS. The Bertz CT molecular complexity index is 335. The van der Waals surface area contributed by atoms with E-state index in [-0.39, 0.29) is 36.3 Å². The second kappa shape index (κ2) is 7.40. The third kappa shape index (κ3) is 4.99. The van der Waals surface area contributed by atoms with Crippen molar-refractivity contribution in [1.82, 2.24) is 0 Å². The van der Waals surface area contributed by atoms with Gasteiger partial charge in [-0.3, -0.25) is 0 Å². The molecule has 0 spiro atoms. The van der Waals surface area contributed by atoms with Crippen LogP contribution in [0.2, 0.25) is 0 Å². The van der Waals surface area contributed by atoms with Crippen LogP contribution in [0, 0.1) is 0 Å². The molecular weight excluding hydrogens is 300 g/mol. The van der Waals surface area contributed by atoms with Crippen molar-refractivity contribution in [3.8, 4) is 0 Å². The highest BCUT2D eigenvalue weighted by Gasteiger charge is 2.38. The number of halogens is 5. The topological polar surface area (TPSA) is 72.3 Å². The minimum atomic E-state index is -4.45. The van der Waals surface area contributed by atoms with Crippen LogP contribution in [0.25, 0.3) is 0 Å². The van der Waals surface area contributed by atoms with Gasteiger partial charge in [0.05, 0.1) is 12.6 Å². The van der Waals surface area contributed by atoms with E-state index in [1.54, 1.807) is 0 Å². The van der Waals surface area contributed by atoms with E-state index in [0.29, 0.717) is 4.88 Å². The average molecular weight is 313 g/mol. The van der Waals surface area contributed by atoms with Gasteiger partial charge in [-0.05, 0) is 12.1 Å². The first kappa shape index (κ1) is 19.3. The summed E-state index contributed by atoms with van der Waals surface area (Å²) in [7, 11) is 0. The summed E-state index contributed by atoms with van der Waals surface area (Å²) in [5.41, 5.74) is 10.5. The van der Waals surface area contributed by atoms with E-state index < -0.39 is 18.3 Å². The van der Waals surface area contributed by atoms with Crippen LogP contribution in [0.15, 0.2) is 12.1 Å². The Kier molecular flexibility index (Phi) is 8.40. The van der Waals surface area contributed by atoms with Gasteiger partial charge in [0.25, 0.3) is 0 Å². The second-order valence-electron chi connectivity index (χ2n) is 3.05. The summed E-state index contributed by atoms with van der Waals surface area (Å²) in [5.74, 6) is 0. The molecule has 0 bridgehead atoms. The number of alkyl halides is 3. The highest BCUT2D eigenvalue weighted by molar-refractivity contribution is 7.12. The van der Waals surface area contributed by atoms with Crippen molar-refractivity contribution in [2.75, 3.05) is 6.61 Å². The van der Waals surface area contributed by atoms with Gasteiger partial charge >= 0.3 is 6.18 Å². The van der Waals surface area contributed by atoms with Crippen molar-refractivity contribution in [2.24, 2.45) is 11.5 Å². The fourth-order valence-electron chi connectivity index (χ4n) is 0.986. The Morgan fingerprint density at radius 2 is 1.65 bits per heavy atom. The fraction of sp³-hybridized carbons (Fsp3) is 0.500. The predicted molar refractivity (Wildman–Crippen MR) is 65.8 cm³/mol. The van der Waals surface area contributed by atoms with Crippen LogP contribution in [0.4, 0.5) is 13.2 Å². The van der Waals surface area contributed by atoms with Gasteiger partial charge in [-0.2, -0.15) is 13.2 Å². The normalized spacial score (nSPS) is 14.5. The van der Waals surface area contributed by atoms with Crippen LogP contribution < -0.4 is 11.5 Å². The van der Waals surface area contributed by atoms with Crippen molar-refractivity contribution in [3.05, 3.63) is 21.9 Å². The van der Waals surface area contributed by atoms with Gasteiger partial charge in [-0.1, -0.05) is 0 Å². The van der Waals surface area contributed by atoms with Crippen molar-refractivity contribution in [2.45, 2.75) is 18.3 Å². The third-order valence-electron chi connectivity index (χ3n) is 1.87. The van der Waals surface area contributed by atoms with Gasteiger partial charge in [0.2, 0.25) is 0 Å². The largest absolute Gasteiger partial charge is 0.408 e. The maximum atomic E-state index is 12.2. The number of rotatable bonds is 3. The first-order valence-corrected chi connectivity index (χ1v) is 4.96. The van der Waals surface area contributed by atoms with E-state index in [4.69, 9.17) is 16.6 Å². The van der Waals surface area contributed by atoms with Crippen LogP contribution in [0.1, 0.15) is 21.8 Å². The number of hydrogen-bond acceptors (Lipinski definition) is 4. The summed E-state index contributed by atoms with van der Waals surface area (Å²) in [6, 6.07) is 0.103. The maximum absolute atomic E-state index is 12.2. The van der Waals surface area contributed by atoms with E-state index in [0.717, 1.165) is 11.3 Å². The number of hydrogen-bond donors (Lipinski definition) is 3. The number of nitrogens with two attached hydrogens (primary N) is 2. The summed E-state index contributed by atoms with van der Waals surface area (Å²) >= 11 is 0.871. The minimum absolute atomic E-state index is 0. The lowest BCUT2D eigenvalue weighted by molar-refractivity contribution is -0.148. The van der Waals surface area contributed by atoms with E-state index in [1.165, 1.54) is 12.1 Å². The van der Waals surface area contributed by atoms with E-state index in [1.807, 2.05) is 0 Å². The van der Waals surface area contributed by atoms with Gasteiger partial charge in [-0.25, -0.2) is 0 Å². The lowest BCUT2D eigenvalue weighted by Gasteiger charge is -2.13. The molecule has 5 N–H and O–H groups in total. The maximum Gasteiger partial charge on any atom is 0.408 e. The molecule has 102 valence electrons. The molecule has 2 atom stereocenters. The van der Waals surface area contributed by atoms with Crippen molar-refractivity contribution in [1.29, 1.82) is 0 Å². The van der Waals surface area contributed by atoms with Crippen LogP contribution in [-0.4, -0.2) is 17.9 Å². The smallest absolute Gasteiger partial charge is 0.394 e. The first-order valence-electron chi connectivity index (χ1n) is 4.14. The average Bonchev–Trinajstić information content (AvgIpc) is 2.62. The van der Waals surface area contributed by atoms with Crippen molar-refractivity contribution in [3.63, 3.8) is 0 Å². The number of thiophene rings is 1. The lowest BCUT2D eigenvalue weighted by atomic mass is 10.2. The molecule has 1 aromatic rings. The zero-order valence-corrected chi connectivity index (χ0v) is 10.9. The van der Waals surface area contributed by atoms with Gasteiger partial charge in [-0.15, -0.1) is 36.2 Å². The number of aliphatic hydroxyl groups excluding tert-OH is 1. The molecule has 0 aliphatic carbocycles. The Morgan fingerprint density at radius 1 is 1.18 bits per heavy atom. The fourth-order valence-corrected chi connectivity index (χ4v) is 2.02. The summed E-state index contributed by atoms with van der Waals surface area (Å²) in [4.78, 5) is 0.494. The first-order chi connectivity index (χ1) is 6.86. The monoisotopic (exact) mass is 312 g/mol. The van der Waals surface area contributed by atoms with Crippen LogP contribution in [-0.2, 0) is 0 Å². The molecule has 0 saturated heterocycles. The van der Waals surface area contributed by atoms with Crippen LogP contribution in [0.3, 0.4) is 0 Å². The summed E-state index contributed by atoms with van der Waals surface area (Å²) in [6.07, 6.45) is -4.45. The van der Waals surface area contributed by atoms with Crippen molar-refractivity contribution >= 4 is 36.2 Å². The Labute approximate surface area is 113 Å². The Morgan fingerprint density at radius 3 is 2.06 bits per heavy atom. The molecule has 3 nitrogen and oxygen atoms in total. The number of aliphatic hydroxyl groups is 1. The Balaban J connectivity index is 0. The summed E-state index contributed by atoms with van der Waals surface area (Å²) in [6.45, 7) is -0.304. The molecule has 0 aliphatic heterocycles. The highest BCUT2D eigenvalue weighted by Crippen LogP contribution is 2.35. The second-order valence-corrected chi connectivity index (χ2v) is 4.20. The molecule has 0 fully saturated rings. The molecule has 1 aromatic heterocycles. The Hall–Kier alpha value is -0.0500.